The van der Waals surface area contributed by atoms with E-state index in [9.17, 15) is 23.1 Å². The molecule has 0 aliphatic carbocycles. The first kappa shape index (κ1) is 23.5. The Kier molecular flexibility index (Phi) is 7.35. The number of aryl methyl sites for hydroxylation is 1. The average Bonchev–Trinajstić information content (AvgIpc) is 2.65. The van der Waals surface area contributed by atoms with E-state index in [4.69, 9.17) is 4.74 Å². The van der Waals surface area contributed by atoms with Crippen LogP contribution < -0.4 is 10.0 Å². The molecule has 0 saturated heterocycles. The van der Waals surface area contributed by atoms with Crippen LogP contribution in [0, 0.1) is 6.92 Å². The monoisotopic (exact) mass is 434 g/mol. The molecule has 2 aromatic rings. The number of hydrogen-bond donors (Lipinski definition) is 3. The highest BCUT2D eigenvalue weighted by molar-refractivity contribution is 7.89. The fourth-order valence-corrected chi connectivity index (χ4v) is 3.54. The number of benzene rings is 2. The third-order valence-electron chi connectivity index (χ3n) is 4.01. The van der Waals surface area contributed by atoms with E-state index in [1.54, 1.807) is 32.9 Å². The number of amides is 1. The van der Waals surface area contributed by atoms with Crippen molar-refractivity contribution < 1.29 is 27.9 Å². The van der Waals surface area contributed by atoms with Gasteiger partial charge in [-0.15, -0.1) is 0 Å². The van der Waals surface area contributed by atoms with Crippen molar-refractivity contribution in [2.24, 2.45) is 0 Å². The highest BCUT2D eigenvalue weighted by atomic mass is 32.2. The van der Waals surface area contributed by atoms with Gasteiger partial charge in [-0.25, -0.2) is 8.42 Å². The number of ether oxygens (including phenoxy) is 1. The summed E-state index contributed by atoms with van der Waals surface area (Å²) in [6, 6.07) is 11.0. The zero-order chi connectivity index (χ0) is 22.5. The molecule has 1 atom stereocenters. The van der Waals surface area contributed by atoms with Gasteiger partial charge in [-0.1, -0.05) is 17.7 Å². The number of carbonyl (C=O) groups excluding carboxylic acids is 1. The summed E-state index contributed by atoms with van der Waals surface area (Å²) in [5.41, 5.74) is 1.30. The molecule has 0 aromatic heterocycles. The molecule has 0 saturated carbocycles. The maximum Gasteiger partial charge on any atom is 0.324 e. The van der Waals surface area contributed by atoms with Crippen molar-refractivity contribution in [2.75, 3.05) is 11.9 Å². The van der Waals surface area contributed by atoms with Gasteiger partial charge in [0.1, 0.15) is 6.04 Å². The van der Waals surface area contributed by atoms with Gasteiger partial charge in [-0.3, -0.25) is 9.59 Å². The lowest BCUT2D eigenvalue weighted by molar-refractivity contribution is -0.142. The molecule has 2 aromatic carbocycles. The van der Waals surface area contributed by atoms with E-state index in [0.717, 1.165) is 5.56 Å². The second kappa shape index (κ2) is 9.38. The van der Waals surface area contributed by atoms with Crippen molar-refractivity contribution >= 4 is 27.6 Å². The topological polar surface area (TPSA) is 122 Å². The Morgan fingerprint density at radius 2 is 1.60 bits per heavy atom. The van der Waals surface area contributed by atoms with E-state index >= 15 is 0 Å². The summed E-state index contributed by atoms with van der Waals surface area (Å²) in [5.74, 6) is -1.67. The van der Waals surface area contributed by atoms with Gasteiger partial charge < -0.3 is 15.2 Å². The maximum atomic E-state index is 12.5. The van der Waals surface area contributed by atoms with E-state index in [1.165, 1.54) is 24.3 Å². The molecular formula is C21H26N2O6S. The molecule has 162 valence electrons. The number of anilines is 1. The van der Waals surface area contributed by atoms with Gasteiger partial charge in [0, 0.05) is 11.3 Å². The summed E-state index contributed by atoms with van der Waals surface area (Å²) in [5, 5.41) is 12.0. The van der Waals surface area contributed by atoms with Crippen molar-refractivity contribution in [2.45, 2.75) is 44.2 Å². The second-order valence-electron chi connectivity index (χ2n) is 7.78. The molecule has 0 bridgehead atoms. The van der Waals surface area contributed by atoms with Crippen LogP contribution in [0.3, 0.4) is 0 Å². The van der Waals surface area contributed by atoms with Crippen molar-refractivity contribution in [1.29, 1.82) is 0 Å². The Labute approximate surface area is 176 Å². The Bertz CT molecular complexity index is 993. The van der Waals surface area contributed by atoms with Crippen molar-refractivity contribution in [3.05, 3.63) is 59.7 Å². The summed E-state index contributed by atoms with van der Waals surface area (Å²) in [7, 11) is -4.10. The largest absolute Gasteiger partial charge is 0.480 e. The third kappa shape index (κ3) is 6.94. The van der Waals surface area contributed by atoms with Gasteiger partial charge >= 0.3 is 5.97 Å². The quantitative estimate of drug-likeness (QED) is 0.587. The van der Waals surface area contributed by atoms with Gasteiger partial charge in [-0.05, 0) is 64.1 Å². The summed E-state index contributed by atoms with van der Waals surface area (Å²) in [6.07, 6.45) is 0. The number of carboxylic acid groups (broad SMARTS) is 1. The summed E-state index contributed by atoms with van der Waals surface area (Å²) >= 11 is 0. The number of carboxylic acids is 1. The molecule has 0 aliphatic heterocycles. The molecule has 0 spiro atoms. The van der Waals surface area contributed by atoms with Gasteiger partial charge in [0.2, 0.25) is 10.0 Å². The standard InChI is InChI=1S/C21H26N2O6S/c1-14-5-7-15(8-6-14)19(24)22-16-9-11-17(12-10-16)30(27,28)23-18(20(25)26)13-29-21(2,3)4/h5-12,18,23H,13H2,1-4H3,(H,22,24)(H,25,26). The first-order valence-electron chi connectivity index (χ1n) is 9.24. The number of hydrogen-bond acceptors (Lipinski definition) is 5. The zero-order valence-corrected chi connectivity index (χ0v) is 18.1. The van der Waals surface area contributed by atoms with Crippen LogP contribution in [0.4, 0.5) is 5.69 Å². The van der Waals surface area contributed by atoms with E-state index in [0.29, 0.717) is 11.3 Å². The van der Waals surface area contributed by atoms with Gasteiger partial charge in [0.05, 0.1) is 17.1 Å². The zero-order valence-electron chi connectivity index (χ0n) is 17.3. The molecule has 0 radical (unpaired) electrons. The van der Waals surface area contributed by atoms with Crippen molar-refractivity contribution in [3.63, 3.8) is 0 Å². The predicted molar refractivity (Wildman–Crippen MR) is 113 cm³/mol. The SMILES string of the molecule is Cc1ccc(C(=O)Nc2ccc(S(=O)(=O)NC(COC(C)(C)C)C(=O)O)cc2)cc1. The van der Waals surface area contributed by atoms with Crippen LogP contribution in [0.25, 0.3) is 0 Å². The normalized spacial score (nSPS) is 12.9. The molecule has 3 N–H and O–H groups in total. The fourth-order valence-electron chi connectivity index (χ4n) is 2.37. The molecule has 0 aliphatic rings. The van der Waals surface area contributed by atoms with Crippen LogP contribution in [0.1, 0.15) is 36.7 Å². The minimum atomic E-state index is -4.10. The molecule has 30 heavy (non-hydrogen) atoms. The third-order valence-corrected chi connectivity index (χ3v) is 5.50. The predicted octanol–water partition coefficient (Wildman–Crippen LogP) is 2.79. The van der Waals surface area contributed by atoms with Crippen LogP contribution >= 0.6 is 0 Å². The van der Waals surface area contributed by atoms with Crippen LogP contribution in [0.5, 0.6) is 0 Å². The molecule has 9 heteroatoms. The van der Waals surface area contributed by atoms with Crippen molar-refractivity contribution in [1.82, 2.24) is 4.72 Å². The first-order chi connectivity index (χ1) is 13.9. The molecule has 0 fully saturated rings. The molecule has 1 unspecified atom stereocenters. The lowest BCUT2D eigenvalue weighted by Gasteiger charge is -2.23. The smallest absolute Gasteiger partial charge is 0.324 e. The maximum absolute atomic E-state index is 12.5. The number of carbonyl (C=O) groups is 2. The van der Waals surface area contributed by atoms with E-state index in [2.05, 4.69) is 10.0 Å². The molecule has 2 rings (SSSR count). The van der Waals surface area contributed by atoms with E-state index < -0.39 is 27.6 Å². The second-order valence-corrected chi connectivity index (χ2v) is 9.49. The highest BCUT2D eigenvalue weighted by Crippen LogP contribution is 2.16. The Morgan fingerprint density at radius 3 is 2.10 bits per heavy atom. The van der Waals surface area contributed by atoms with Crippen LogP contribution in [-0.2, 0) is 19.6 Å². The first-order valence-corrected chi connectivity index (χ1v) is 10.7. The minimum absolute atomic E-state index is 0.127. The Hall–Kier alpha value is -2.75. The van der Waals surface area contributed by atoms with Crippen molar-refractivity contribution in [3.8, 4) is 0 Å². The fraction of sp³-hybridized carbons (Fsp3) is 0.333. The van der Waals surface area contributed by atoms with Gasteiger partial charge in [-0.2, -0.15) is 4.72 Å². The van der Waals surface area contributed by atoms with Crippen LogP contribution in [-0.4, -0.2) is 43.7 Å². The van der Waals surface area contributed by atoms with Crippen LogP contribution in [0.2, 0.25) is 0 Å². The molecule has 8 nitrogen and oxygen atoms in total. The minimum Gasteiger partial charge on any atom is -0.480 e. The average molecular weight is 435 g/mol. The lowest BCUT2D eigenvalue weighted by atomic mass is 10.1. The van der Waals surface area contributed by atoms with Crippen LogP contribution in [0.15, 0.2) is 53.4 Å². The summed E-state index contributed by atoms with van der Waals surface area (Å²) < 4.78 is 32.6. The summed E-state index contributed by atoms with van der Waals surface area (Å²) in [4.78, 5) is 23.5. The van der Waals surface area contributed by atoms with E-state index in [1.807, 2.05) is 19.1 Å². The number of nitrogens with one attached hydrogen (secondary N) is 2. The summed E-state index contributed by atoms with van der Waals surface area (Å²) in [6.45, 7) is 6.82. The lowest BCUT2D eigenvalue weighted by Crippen LogP contribution is -2.45. The molecule has 0 heterocycles. The highest BCUT2D eigenvalue weighted by Gasteiger charge is 2.27. The van der Waals surface area contributed by atoms with Gasteiger partial charge in [0.25, 0.3) is 5.91 Å². The Morgan fingerprint density at radius 1 is 1.03 bits per heavy atom. The Balaban J connectivity index is 2.08. The van der Waals surface area contributed by atoms with Gasteiger partial charge in [0.15, 0.2) is 0 Å². The number of aliphatic carboxylic acids is 1. The van der Waals surface area contributed by atoms with E-state index in [-0.39, 0.29) is 17.4 Å². The number of sulfonamides is 1. The molecule has 1 amide bonds. The number of rotatable bonds is 8. The molecular weight excluding hydrogens is 408 g/mol.